The average molecular weight is 251 g/mol. The van der Waals surface area contributed by atoms with Gasteiger partial charge in [0, 0.05) is 25.3 Å². The van der Waals surface area contributed by atoms with Crippen LogP contribution in [0.15, 0.2) is 18.3 Å². The quantitative estimate of drug-likeness (QED) is 0.891. The number of rotatable bonds is 4. The monoisotopic (exact) mass is 251 g/mol. The topological polar surface area (TPSA) is 28.2 Å². The van der Waals surface area contributed by atoms with Crippen LogP contribution in [0.5, 0.6) is 0 Å². The summed E-state index contributed by atoms with van der Waals surface area (Å²) in [6, 6.07) is 3.63. The largest absolute Gasteiger partial charge is 0.354 e. The summed E-state index contributed by atoms with van der Waals surface area (Å²) >= 11 is 0. The van der Waals surface area contributed by atoms with Gasteiger partial charge in [-0.2, -0.15) is 0 Å². The molecule has 100 valence electrons. The van der Waals surface area contributed by atoms with Gasteiger partial charge in [0.2, 0.25) is 0 Å². The first-order chi connectivity index (χ1) is 8.66. The number of piperidine rings is 1. The van der Waals surface area contributed by atoms with Crippen molar-refractivity contribution >= 4 is 5.82 Å². The van der Waals surface area contributed by atoms with Gasteiger partial charge in [-0.25, -0.2) is 9.37 Å². The molecular formula is C14H22FN3. The fourth-order valence-corrected chi connectivity index (χ4v) is 2.44. The zero-order chi connectivity index (χ0) is 13.0. The number of hydrogen-bond donors (Lipinski definition) is 1. The maximum Gasteiger partial charge on any atom is 0.165 e. The van der Waals surface area contributed by atoms with Gasteiger partial charge in [-0.3, -0.25) is 0 Å². The van der Waals surface area contributed by atoms with Crippen LogP contribution in [0, 0.1) is 11.7 Å². The van der Waals surface area contributed by atoms with Gasteiger partial charge in [-0.15, -0.1) is 0 Å². The van der Waals surface area contributed by atoms with E-state index < -0.39 is 0 Å². The van der Waals surface area contributed by atoms with Crippen molar-refractivity contribution in [1.29, 1.82) is 0 Å². The van der Waals surface area contributed by atoms with Gasteiger partial charge in [-0.05, 0) is 37.4 Å². The lowest BCUT2D eigenvalue weighted by Gasteiger charge is -2.34. The van der Waals surface area contributed by atoms with E-state index in [1.165, 1.54) is 12.5 Å². The fourth-order valence-electron chi connectivity index (χ4n) is 2.44. The molecule has 0 aromatic carbocycles. The van der Waals surface area contributed by atoms with E-state index in [0.717, 1.165) is 26.1 Å². The van der Waals surface area contributed by atoms with Crippen LogP contribution >= 0.6 is 0 Å². The molecule has 0 spiro atoms. The second-order valence-electron chi connectivity index (χ2n) is 5.33. The molecule has 0 amide bonds. The maximum atomic E-state index is 13.7. The summed E-state index contributed by atoms with van der Waals surface area (Å²) in [5.41, 5.74) is 0. The van der Waals surface area contributed by atoms with Gasteiger partial charge in [0.1, 0.15) is 0 Å². The van der Waals surface area contributed by atoms with E-state index in [9.17, 15) is 4.39 Å². The fraction of sp³-hybridized carbons (Fsp3) is 0.643. The van der Waals surface area contributed by atoms with Crippen LogP contribution in [0.3, 0.4) is 0 Å². The van der Waals surface area contributed by atoms with Crippen molar-refractivity contribution in [2.75, 3.05) is 24.5 Å². The summed E-state index contributed by atoms with van der Waals surface area (Å²) in [6.07, 6.45) is 3.99. The second-order valence-corrected chi connectivity index (χ2v) is 5.33. The summed E-state index contributed by atoms with van der Waals surface area (Å²) in [4.78, 5) is 6.24. The standard InChI is InChI=1S/C14H22FN3/c1-11(2)17-9-12-5-4-8-18(10-12)14-13(15)6-3-7-16-14/h3,6-7,11-12,17H,4-5,8-10H2,1-2H3. The molecule has 2 rings (SSSR count). The first-order valence-electron chi connectivity index (χ1n) is 6.75. The SMILES string of the molecule is CC(C)NCC1CCCN(c2ncccc2F)C1. The van der Waals surface area contributed by atoms with Crippen LogP contribution in [-0.2, 0) is 0 Å². The minimum absolute atomic E-state index is 0.213. The van der Waals surface area contributed by atoms with Crippen molar-refractivity contribution in [3.05, 3.63) is 24.1 Å². The van der Waals surface area contributed by atoms with E-state index in [1.54, 1.807) is 12.3 Å². The van der Waals surface area contributed by atoms with Crippen LogP contribution in [0.25, 0.3) is 0 Å². The lowest BCUT2D eigenvalue weighted by Crippen LogP contribution is -2.41. The van der Waals surface area contributed by atoms with Crippen LogP contribution in [0.4, 0.5) is 10.2 Å². The van der Waals surface area contributed by atoms with Crippen molar-refractivity contribution in [3.8, 4) is 0 Å². The van der Waals surface area contributed by atoms with Crippen LogP contribution in [0.2, 0.25) is 0 Å². The van der Waals surface area contributed by atoms with Crippen molar-refractivity contribution < 1.29 is 4.39 Å². The third-order valence-electron chi connectivity index (χ3n) is 3.37. The number of pyridine rings is 1. The molecule has 2 heterocycles. The number of nitrogens with zero attached hydrogens (tertiary/aromatic N) is 2. The van der Waals surface area contributed by atoms with Gasteiger partial charge in [-0.1, -0.05) is 13.8 Å². The lowest BCUT2D eigenvalue weighted by molar-refractivity contribution is 0.376. The minimum Gasteiger partial charge on any atom is -0.354 e. The summed E-state index contributed by atoms with van der Waals surface area (Å²) in [5.74, 6) is 0.879. The van der Waals surface area contributed by atoms with Crippen molar-refractivity contribution in [1.82, 2.24) is 10.3 Å². The van der Waals surface area contributed by atoms with E-state index in [0.29, 0.717) is 17.8 Å². The zero-order valence-corrected chi connectivity index (χ0v) is 11.2. The molecule has 1 atom stereocenters. The first-order valence-corrected chi connectivity index (χ1v) is 6.75. The molecule has 1 aliphatic heterocycles. The Morgan fingerprint density at radius 3 is 3.11 bits per heavy atom. The Bertz CT molecular complexity index is 381. The maximum absolute atomic E-state index is 13.7. The summed E-state index contributed by atoms with van der Waals surface area (Å²) in [5, 5.41) is 3.46. The zero-order valence-electron chi connectivity index (χ0n) is 11.2. The number of nitrogens with one attached hydrogen (secondary N) is 1. The molecule has 1 saturated heterocycles. The molecule has 4 heteroatoms. The minimum atomic E-state index is -0.213. The van der Waals surface area contributed by atoms with Crippen molar-refractivity contribution in [2.45, 2.75) is 32.7 Å². The molecule has 0 aliphatic carbocycles. The Kier molecular flexibility index (Phi) is 4.53. The van der Waals surface area contributed by atoms with E-state index in [4.69, 9.17) is 0 Å². The van der Waals surface area contributed by atoms with Crippen molar-refractivity contribution in [2.24, 2.45) is 5.92 Å². The highest BCUT2D eigenvalue weighted by Gasteiger charge is 2.22. The number of aromatic nitrogens is 1. The first kappa shape index (κ1) is 13.3. The third-order valence-corrected chi connectivity index (χ3v) is 3.37. The number of anilines is 1. The van der Waals surface area contributed by atoms with Gasteiger partial charge in [0.25, 0.3) is 0 Å². The van der Waals surface area contributed by atoms with Gasteiger partial charge >= 0.3 is 0 Å². The van der Waals surface area contributed by atoms with E-state index in [1.807, 2.05) is 0 Å². The molecule has 1 N–H and O–H groups in total. The van der Waals surface area contributed by atoms with E-state index in [2.05, 4.69) is 29.0 Å². The van der Waals surface area contributed by atoms with E-state index >= 15 is 0 Å². The van der Waals surface area contributed by atoms with Crippen LogP contribution in [-0.4, -0.2) is 30.7 Å². The number of halogens is 1. The molecule has 0 saturated carbocycles. The van der Waals surface area contributed by atoms with Crippen molar-refractivity contribution in [3.63, 3.8) is 0 Å². The molecule has 0 radical (unpaired) electrons. The molecule has 0 bridgehead atoms. The predicted molar refractivity (Wildman–Crippen MR) is 72.3 cm³/mol. The number of hydrogen-bond acceptors (Lipinski definition) is 3. The predicted octanol–water partition coefficient (Wildman–Crippen LogP) is 2.44. The third kappa shape index (κ3) is 3.42. The molecule has 1 fully saturated rings. The Morgan fingerprint density at radius 1 is 1.56 bits per heavy atom. The molecule has 3 nitrogen and oxygen atoms in total. The Labute approximate surface area is 108 Å². The van der Waals surface area contributed by atoms with E-state index in [-0.39, 0.29) is 5.82 Å². The van der Waals surface area contributed by atoms with Crippen LogP contribution in [0.1, 0.15) is 26.7 Å². The van der Waals surface area contributed by atoms with Crippen LogP contribution < -0.4 is 10.2 Å². The highest BCUT2D eigenvalue weighted by molar-refractivity contribution is 5.40. The Balaban J connectivity index is 1.96. The highest BCUT2D eigenvalue weighted by Crippen LogP contribution is 2.23. The van der Waals surface area contributed by atoms with Gasteiger partial charge in [0.15, 0.2) is 11.6 Å². The Hall–Kier alpha value is -1.16. The highest BCUT2D eigenvalue weighted by atomic mass is 19.1. The van der Waals surface area contributed by atoms with Gasteiger partial charge in [0.05, 0.1) is 0 Å². The molecule has 1 aliphatic rings. The second kappa shape index (κ2) is 6.14. The smallest absolute Gasteiger partial charge is 0.165 e. The summed E-state index contributed by atoms with van der Waals surface area (Å²) in [7, 11) is 0. The van der Waals surface area contributed by atoms with Gasteiger partial charge < -0.3 is 10.2 Å². The normalized spacial score (nSPS) is 20.4. The molecule has 18 heavy (non-hydrogen) atoms. The molecule has 1 unspecified atom stereocenters. The lowest BCUT2D eigenvalue weighted by atomic mass is 9.97. The molecular weight excluding hydrogens is 229 g/mol. The molecule has 1 aromatic heterocycles. The average Bonchev–Trinajstić information content (AvgIpc) is 2.37. The summed E-state index contributed by atoms with van der Waals surface area (Å²) < 4.78 is 13.7. The molecule has 1 aromatic rings. The Morgan fingerprint density at radius 2 is 2.39 bits per heavy atom. The summed E-state index contributed by atoms with van der Waals surface area (Å²) in [6.45, 7) is 7.11.